The Morgan fingerprint density at radius 1 is 1.10 bits per heavy atom. The molecule has 29 heavy (non-hydrogen) atoms. The molecule has 152 valence electrons. The lowest BCUT2D eigenvalue weighted by Crippen LogP contribution is -2.25. The Labute approximate surface area is 183 Å². The molecule has 0 aliphatic heterocycles. The van der Waals surface area contributed by atoms with Gasteiger partial charge in [0.2, 0.25) is 11.1 Å². The lowest BCUT2D eigenvalue weighted by molar-refractivity contribution is -0.115. The van der Waals surface area contributed by atoms with E-state index >= 15 is 0 Å². The number of amides is 1. The SMILES string of the molecule is CC(C)(C)c1nnc(SC(C(=O)Nc2cc(Cl)cc(Cl)c2)c2ccccc2)n1N. The van der Waals surface area contributed by atoms with E-state index in [-0.39, 0.29) is 11.3 Å². The number of nitrogens with one attached hydrogen (secondary N) is 1. The van der Waals surface area contributed by atoms with E-state index in [1.807, 2.05) is 51.1 Å². The Kier molecular flexibility index (Phi) is 6.41. The molecule has 3 N–H and O–H groups in total. The predicted molar refractivity (Wildman–Crippen MR) is 119 cm³/mol. The van der Waals surface area contributed by atoms with Crippen LogP contribution in [0.15, 0.2) is 53.7 Å². The van der Waals surface area contributed by atoms with Crippen LogP contribution in [0.2, 0.25) is 10.0 Å². The van der Waals surface area contributed by atoms with Crippen molar-refractivity contribution in [2.24, 2.45) is 0 Å². The number of nitrogens with two attached hydrogens (primary N) is 1. The minimum atomic E-state index is -0.603. The van der Waals surface area contributed by atoms with Gasteiger partial charge in [-0.15, -0.1) is 10.2 Å². The highest BCUT2D eigenvalue weighted by atomic mass is 35.5. The van der Waals surface area contributed by atoms with Gasteiger partial charge in [-0.25, -0.2) is 4.68 Å². The first-order valence-corrected chi connectivity index (χ1v) is 10.5. The van der Waals surface area contributed by atoms with E-state index in [1.165, 1.54) is 16.4 Å². The topological polar surface area (TPSA) is 85.8 Å². The molecule has 0 saturated carbocycles. The molecule has 1 atom stereocenters. The third kappa shape index (κ3) is 5.23. The molecule has 2 aromatic carbocycles. The Balaban J connectivity index is 1.92. The number of hydrogen-bond acceptors (Lipinski definition) is 5. The van der Waals surface area contributed by atoms with Gasteiger partial charge in [0.1, 0.15) is 5.25 Å². The Morgan fingerprint density at radius 3 is 2.28 bits per heavy atom. The van der Waals surface area contributed by atoms with Crippen molar-refractivity contribution >= 4 is 46.6 Å². The molecule has 0 aliphatic carbocycles. The number of aromatic nitrogens is 3. The van der Waals surface area contributed by atoms with Crippen LogP contribution in [0.5, 0.6) is 0 Å². The van der Waals surface area contributed by atoms with E-state index in [2.05, 4.69) is 15.5 Å². The summed E-state index contributed by atoms with van der Waals surface area (Å²) in [5.41, 5.74) is 1.05. The van der Waals surface area contributed by atoms with E-state index in [1.54, 1.807) is 18.2 Å². The van der Waals surface area contributed by atoms with Crippen molar-refractivity contribution in [2.45, 2.75) is 36.6 Å². The quantitative estimate of drug-likeness (QED) is 0.419. The number of halogens is 2. The summed E-state index contributed by atoms with van der Waals surface area (Å²) in [5, 5.41) is 12.0. The highest BCUT2D eigenvalue weighted by Gasteiger charge is 2.28. The molecule has 0 aliphatic rings. The summed E-state index contributed by atoms with van der Waals surface area (Å²) in [6.45, 7) is 6.00. The molecule has 6 nitrogen and oxygen atoms in total. The van der Waals surface area contributed by atoms with Crippen molar-refractivity contribution in [1.29, 1.82) is 0 Å². The molecule has 0 radical (unpaired) electrons. The van der Waals surface area contributed by atoms with Gasteiger partial charge in [0, 0.05) is 21.1 Å². The zero-order valence-corrected chi connectivity index (χ0v) is 18.5. The van der Waals surface area contributed by atoms with Gasteiger partial charge in [-0.05, 0) is 23.8 Å². The van der Waals surface area contributed by atoms with E-state index in [0.29, 0.717) is 26.7 Å². The van der Waals surface area contributed by atoms with Gasteiger partial charge in [-0.1, -0.05) is 86.1 Å². The van der Waals surface area contributed by atoms with Gasteiger partial charge in [0.05, 0.1) is 0 Å². The third-order valence-corrected chi connectivity index (χ3v) is 5.68. The third-order valence-electron chi connectivity index (χ3n) is 4.03. The smallest absolute Gasteiger partial charge is 0.242 e. The average molecular weight is 450 g/mol. The molecule has 1 aromatic heterocycles. The minimum Gasteiger partial charge on any atom is -0.336 e. The van der Waals surface area contributed by atoms with E-state index < -0.39 is 5.25 Å². The fourth-order valence-electron chi connectivity index (χ4n) is 2.71. The molecule has 0 saturated heterocycles. The summed E-state index contributed by atoms with van der Waals surface area (Å²) in [5.74, 6) is 6.60. The largest absolute Gasteiger partial charge is 0.336 e. The lowest BCUT2D eigenvalue weighted by Gasteiger charge is -2.19. The van der Waals surface area contributed by atoms with Crippen molar-refractivity contribution < 1.29 is 4.79 Å². The maximum atomic E-state index is 13.1. The second kappa shape index (κ2) is 8.65. The van der Waals surface area contributed by atoms with Crippen LogP contribution < -0.4 is 11.2 Å². The molecule has 9 heteroatoms. The van der Waals surface area contributed by atoms with Crippen LogP contribution >= 0.6 is 35.0 Å². The first-order chi connectivity index (χ1) is 13.6. The molecule has 3 aromatic rings. The second-order valence-electron chi connectivity index (χ2n) is 7.48. The summed E-state index contributed by atoms with van der Waals surface area (Å²) in [7, 11) is 0. The van der Waals surface area contributed by atoms with Crippen LogP contribution in [-0.2, 0) is 10.2 Å². The fourth-order valence-corrected chi connectivity index (χ4v) is 4.19. The molecule has 0 spiro atoms. The summed E-state index contributed by atoms with van der Waals surface area (Å²) in [4.78, 5) is 13.1. The van der Waals surface area contributed by atoms with Crippen molar-refractivity contribution in [2.75, 3.05) is 11.2 Å². The van der Waals surface area contributed by atoms with Crippen LogP contribution in [0.25, 0.3) is 0 Å². The first-order valence-electron chi connectivity index (χ1n) is 8.84. The van der Waals surface area contributed by atoms with Crippen molar-refractivity contribution in [3.8, 4) is 0 Å². The molecule has 1 amide bonds. The van der Waals surface area contributed by atoms with Crippen LogP contribution in [-0.4, -0.2) is 20.8 Å². The zero-order valence-electron chi connectivity index (χ0n) is 16.2. The van der Waals surface area contributed by atoms with Gasteiger partial charge in [-0.2, -0.15) is 0 Å². The number of anilines is 1. The highest BCUT2D eigenvalue weighted by Crippen LogP contribution is 2.36. The standard InChI is InChI=1S/C20H21Cl2N5OS/c1-20(2,3)18-25-26-19(27(18)23)29-16(12-7-5-4-6-8-12)17(28)24-15-10-13(21)9-14(22)11-15/h4-11,16H,23H2,1-3H3,(H,24,28). The summed E-state index contributed by atoms with van der Waals surface area (Å²) in [6, 6.07) is 14.3. The van der Waals surface area contributed by atoms with Gasteiger partial charge in [-0.3, -0.25) is 4.79 Å². The Hall–Kier alpha value is -2.22. The number of rotatable bonds is 5. The average Bonchev–Trinajstić information content (AvgIpc) is 3.00. The summed E-state index contributed by atoms with van der Waals surface area (Å²) < 4.78 is 1.43. The lowest BCUT2D eigenvalue weighted by atomic mass is 9.96. The number of nitrogen functional groups attached to an aromatic ring is 1. The molecule has 1 heterocycles. The van der Waals surface area contributed by atoms with Gasteiger partial charge in [0.15, 0.2) is 5.82 Å². The van der Waals surface area contributed by atoms with E-state index in [9.17, 15) is 4.79 Å². The first kappa shape index (κ1) is 21.5. The van der Waals surface area contributed by atoms with Crippen molar-refractivity contribution in [1.82, 2.24) is 14.9 Å². The monoisotopic (exact) mass is 449 g/mol. The summed E-state index contributed by atoms with van der Waals surface area (Å²) >= 11 is 13.3. The number of carbonyl (C=O) groups excluding carboxylic acids is 1. The Morgan fingerprint density at radius 2 is 1.72 bits per heavy atom. The fraction of sp³-hybridized carbons (Fsp3) is 0.250. The molecule has 0 fully saturated rings. The van der Waals surface area contributed by atoms with Crippen LogP contribution in [0.4, 0.5) is 5.69 Å². The minimum absolute atomic E-state index is 0.250. The molecular formula is C20H21Cl2N5OS. The van der Waals surface area contributed by atoms with Crippen molar-refractivity contribution in [3.63, 3.8) is 0 Å². The van der Waals surface area contributed by atoms with E-state index in [4.69, 9.17) is 29.0 Å². The van der Waals surface area contributed by atoms with Crippen LogP contribution in [0, 0.1) is 0 Å². The summed E-state index contributed by atoms with van der Waals surface area (Å²) in [6.07, 6.45) is 0. The second-order valence-corrected chi connectivity index (χ2v) is 9.43. The number of hydrogen-bond donors (Lipinski definition) is 2. The van der Waals surface area contributed by atoms with Gasteiger partial charge < -0.3 is 11.2 Å². The van der Waals surface area contributed by atoms with E-state index in [0.717, 1.165) is 5.56 Å². The Bertz CT molecular complexity index is 997. The maximum absolute atomic E-state index is 13.1. The molecule has 1 unspecified atom stereocenters. The number of carbonyl (C=O) groups is 1. The van der Waals surface area contributed by atoms with Crippen LogP contribution in [0.3, 0.4) is 0 Å². The molecular weight excluding hydrogens is 429 g/mol. The number of nitrogens with zero attached hydrogens (tertiary/aromatic N) is 3. The van der Waals surface area contributed by atoms with Crippen LogP contribution in [0.1, 0.15) is 37.4 Å². The highest BCUT2D eigenvalue weighted by molar-refractivity contribution is 8.00. The number of thioether (sulfide) groups is 1. The predicted octanol–water partition coefficient (Wildman–Crippen LogP) is 5.07. The number of benzene rings is 2. The maximum Gasteiger partial charge on any atom is 0.242 e. The normalized spacial score (nSPS) is 12.6. The molecule has 3 rings (SSSR count). The van der Waals surface area contributed by atoms with Gasteiger partial charge in [0.25, 0.3) is 0 Å². The van der Waals surface area contributed by atoms with Crippen molar-refractivity contribution in [3.05, 3.63) is 70.0 Å². The zero-order chi connectivity index (χ0) is 21.2. The van der Waals surface area contributed by atoms with Gasteiger partial charge >= 0.3 is 0 Å². The molecule has 0 bridgehead atoms.